The average Bonchev–Trinajstić information content (AvgIpc) is 3.69. The molecule has 192 valence electrons. The average molecular weight is 577 g/mol. The molecule has 2 aromatic carbocycles. The van der Waals surface area contributed by atoms with Gasteiger partial charge in [0, 0.05) is 9.75 Å². The van der Waals surface area contributed by atoms with Crippen LogP contribution in [0.15, 0.2) is 119 Å². The van der Waals surface area contributed by atoms with Gasteiger partial charge < -0.3 is 0 Å². The molecule has 0 saturated heterocycles. The fourth-order valence-corrected chi connectivity index (χ4v) is 10.4. The van der Waals surface area contributed by atoms with Crippen LogP contribution in [0, 0.1) is 0 Å². The highest BCUT2D eigenvalue weighted by Gasteiger charge is 2.37. The van der Waals surface area contributed by atoms with Crippen molar-refractivity contribution in [1.29, 1.82) is 0 Å². The van der Waals surface area contributed by atoms with Crippen molar-refractivity contribution in [2.75, 3.05) is 0 Å². The second-order valence-corrected chi connectivity index (χ2v) is 14.3. The Hall–Kier alpha value is -3.30. The summed E-state index contributed by atoms with van der Waals surface area (Å²) < 4.78 is 50.7. The summed E-state index contributed by atoms with van der Waals surface area (Å²) in [6, 6.07) is 25.8. The summed E-state index contributed by atoms with van der Waals surface area (Å²) >= 11 is 2.93. The van der Waals surface area contributed by atoms with Gasteiger partial charge in [-0.3, -0.25) is 0 Å². The lowest BCUT2D eigenvalue weighted by molar-refractivity contribution is 0.613. The molecule has 4 heterocycles. The minimum atomic E-state index is -3.41. The fourth-order valence-electron chi connectivity index (χ4n) is 4.45. The lowest BCUT2D eigenvalue weighted by atomic mass is 10.1. The number of allylic oxidation sites excluding steroid dienone is 4. The van der Waals surface area contributed by atoms with Crippen LogP contribution in [0.3, 0.4) is 0 Å². The van der Waals surface area contributed by atoms with Gasteiger partial charge in [0.05, 0.1) is 19.6 Å². The van der Waals surface area contributed by atoms with Gasteiger partial charge in [0.2, 0.25) is 19.7 Å². The van der Waals surface area contributed by atoms with E-state index in [4.69, 9.17) is 0 Å². The number of benzene rings is 2. The van der Waals surface area contributed by atoms with Crippen LogP contribution in [0.4, 0.5) is 0 Å². The van der Waals surface area contributed by atoms with E-state index in [-0.39, 0.29) is 0 Å². The number of hydrogen-bond donors (Lipinski definition) is 0. The first-order valence-electron chi connectivity index (χ1n) is 11.8. The van der Waals surface area contributed by atoms with Crippen LogP contribution in [0.2, 0.25) is 0 Å². The van der Waals surface area contributed by atoms with Crippen LogP contribution in [-0.2, 0) is 19.7 Å². The van der Waals surface area contributed by atoms with Crippen LogP contribution in [-0.4, -0.2) is 16.8 Å². The predicted molar refractivity (Wildman–Crippen MR) is 161 cm³/mol. The normalized spacial score (nSPS) is 17.6. The van der Waals surface area contributed by atoms with Gasteiger partial charge in [-0.25, -0.2) is 16.8 Å². The molecule has 0 unspecified atom stereocenters. The van der Waals surface area contributed by atoms with E-state index in [2.05, 4.69) is 0 Å². The van der Waals surface area contributed by atoms with Crippen LogP contribution in [0.25, 0.3) is 19.6 Å². The molecule has 0 fully saturated rings. The molecule has 0 spiro atoms. The number of sulfone groups is 2. The minimum absolute atomic E-state index is 0.368. The molecule has 0 N–H and O–H groups in total. The zero-order valence-corrected chi connectivity index (χ0v) is 23.9. The molecule has 2 aliphatic rings. The van der Waals surface area contributed by atoms with Gasteiger partial charge in [-0.15, -0.1) is 22.7 Å². The Bertz CT molecular complexity index is 1680. The smallest absolute Gasteiger partial charge is 0.209 e. The molecule has 0 bridgehead atoms. The van der Waals surface area contributed by atoms with E-state index >= 15 is 0 Å². The summed E-state index contributed by atoms with van der Waals surface area (Å²) in [5.41, 5.74) is 3.19. The first kappa shape index (κ1) is 26.3. The zero-order valence-electron chi connectivity index (χ0n) is 20.7. The van der Waals surface area contributed by atoms with Crippen LogP contribution in [0.5, 0.6) is 0 Å². The highest BCUT2D eigenvalue weighted by atomic mass is 32.2. The van der Waals surface area contributed by atoms with Crippen molar-refractivity contribution in [2.45, 2.75) is 13.8 Å². The lowest BCUT2D eigenvalue weighted by Crippen LogP contribution is -2.02. The molecular formula is C30H24O4S4. The zero-order chi connectivity index (χ0) is 26.9. The van der Waals surface area contributed by atoms with E-state index in [9.17, 15) is 16.8 Å². The van der Waals surface area contributed by atoms with Crippen molar-refractivity contribution >= 4 is 62.0 Å². The maximum atomic E-state index is 12.8. The standard InChI is InChI=1S/C16H12O2S.C14H12O2S3/c17-19(18)15(13-7-3-1-4-8-13)11-12-16(19)14-9-5-2-6-10-14;1-9-10(2)14(12-6-4-8-18-12)19(15,16)13(9)11-5-3-7-17-11/h1-12H;3-8H,1-2H3. The van der Waals surface area contributed by atoms with Gasteiger partial charge in [-0.05, 0) is 71.2 Å². The van der Waals surface area contributed by atoms with E-state index < -0.39 is 19.7 Å². The van der Waals surface area contributed by atoms with Crippen molar-refractivity contribution in [3.8, 4) is 0 Å². The third kappa shape index (κ3) is 4.69. The minimum Gasteiger partial charge on any atom is -0.218 e. The molecule has 2 aromatic heterocycles. The Morgan fingerprint density at radius 1 is 0.500 bits per heavy atom. The van der Waals surface area contributed by atoms with Crippen molar-refractivity contribution in [2.24, 2.45) is 0 Å². The van der Waals surface area contributed by atoms with Crippen molar-refractivity contribution < 1.29 is 16.8 Å². The lowest BCUT2D eigenvalue weighted by Gasteiger charge is -2.07. The van der Waals surface area contributed by atoms with E-state index in [1.54, 1.807) is 12.2 Å². The highest BCUT2D eigenvalue weighted by Crippen LogP contribution is 2.47. The van der Waals surface area contributed by atoms with Gasteiger partial charge >= 0.3 is 0 Å². The summed E-state index contributed by atoms with van der Waals surface area (Å²) in [5, 5.41) is 3.81. The van der Waals surface area contributed by atoms with Gasteiger partial charge in [0.15, 0.2) is 0 Å². The third-order valence-electron chi connectivity index (χ3n) is 6.35. The Kier molecular flexibility index (Phi) is 7.24. The van der Waals surface area contributed by atoms with Gasteiger partial charge in [-0.1, -0.05) is 72.8 Å². The Morgan fingerprint density at radius 3 is 1.24 bits per heavy atom. The topological polar surface area (TPSA) is 68.3 Å². The molecule has 0 amide bonds. The van der Waals surface area contributed by atoms with Gasteiger partial charge in [0.1, 0.15) is 0 Å². The second-order valence-electron chi connectivity index (χ2n) is 8.66. The summed E-state index contributed by atoms with van der Waals surface area (Å²) in [4.78, 5) is 3.33. The summed E-state index contributed by atoms with van der Waals surface area (Å²) in [6.45, 7) is 3.78. The third-order valence-corrected chi connectivity index (χ3v) is 12.4. The van der Waals surface area contributed by atoms with Crippen LogP contribution >= 0.6 is 22.7 Å². The number of rotatable bonds is 4. The van der Waals surface area contributed by atoms with Crippen molar-refractivity contribution in [3.05, 3.63) is 140 Å². The molecule has 0 aliphatic carbocycles. The largest absolute Gasteiger partial charge is 0.218 e. The fraction of sp³-hybridized carbons (Fsp3) is 0.0667. The molecule has 0 atom stereocenters. The van der Waals surface area contributed by atoms with Gasteiger partial charge in [-0.2, -0.15) is 0 Å². The van der Waals surface area contributed by atoms with E-state index in [0.29, 0.717) is 19.6 Å². The Labute approximate surface area is 231 Å². The molecule has 4 aromatic rings. The maximum Gasteiger partial charge on any atom is 0.209 e. The molecular weight excluding hydrogens is 553 g/mol. The molecule has 4 nitrogen and oxygen atoms in total. The molecule has 6 rings (SSSR count). The van der Waals surface area contributed by atoms with E-state index in [1.165, 1.54) is 22.7 Å². The van der Waals surface area contributed by atoms with E-state index in [0.717, 1.165) is 32.0 Å². The van der Waals surface area contributed by atoms with Crippen molar-refractivity contribution in [3.63, 3.8) is 0 Å². The SMILES string of the molecule is CC1=C(c2cccs2)S(=O)(=O)C(c2cccs2)=C1C.O=S1(=O)C(c2ccccc2)=CC=C1c1ccccc1. The highest BCUT2D eigenvalue weighted by molar-refractivity contribution is 8.10. The summed E-state index contributed by atoms with van der Waals surface area (Å²) in [6.07, 6.45) is 3.35. The first-order valence-corrected chi connectivity index (χ1v) is 16.5. The summed E-state index contributed by atoms with van der Waals surface area (Å²) in [5.74, 6) is 0. The molecule has 2 aliphatic heterocycles. The Morgan fingerprint density at radius 2 is 0.895 bits per heavy atom. The maximum absolute atomic E-state index is 12.8. The predicted octanol–water partition coefficient (Wildman–Crippen LogP) is 7.90. The quantitative estimate of drug-likeness (QED) is 0.248. The summed E-state index contributed by atoms with van der Waals surface area (Å²) in [7, 11) is -6.80. The van der Waals surface area contributed by atoms with Crippen LogP contribution in [0.1, 0.15) is 34.7 Å². The molecule has 8 heteroatoms. The monoisotopic (exact) mass is 576 g/mol. The molecule has 0 radical (unpaired) electrons. The Balaban J connectivity index is 0.000000155. The number of hydrogen-bond acceptors (Lipinski definition) is 6. The van der Waals surface area contributed by atoms with Crippen LogP contribution < -0.4 is 0 Å². The van der Waals surface area contributed by atoms with Crippen molar-refractivity contribution in [1.82, 2.24) is 0 Å². The molecule has 38 heavy (non-hydrogen) atoms. The van der Waals surface area contributed by atoms with E-state index in [1.807, 2.05) is 110 Å². The van der Waals surface area contributed by atoms with Gasteiger partial charge in [0.25, 0.3) is 0 Å². The second kappa shape index (κ2) is 10.5. The molecule has 0 saturated carbocycles. The number of thiophene rings is 2. The first-order chi connectivity index (χ1) is 18.2.